The van der Waals surface area contributed by atoms with Crippen LogP contribution < -0.4 is 0 Å². The highest BCUT2D eigenvalue weighted by molar-refractivity contribution is 6.30. The summed E-state index contributed by atoms with van der Waals surface area (Å²) >= 11 is 6.38. The number of halogens is 1. The maximum Gasteiger partial charge on any atom is 0.144 e. The number of fused-ring (bicyclic) bond motifs is 1. The van der Waals surface area contributed by atoms with E-state index in [9.17, 15) is 0 Å². The topological polar surface area (TPSA) is 29.0 Å². The average Bonchev–Trinajstić information content (AvgIpc) is 3.13. The van der Waals surface area contributed by atoms with Crippen molar-refractivity contribution in [2.45, 2.75) is 58.5 Å². The molecular weight excluding hydrogens is 258 g/mol. The van der Waals surface area contributed by atoms with E-state index in [1.54, 1.807) is 0 Å². The van der Waals surface area contributed by atoms with Crippen LogP contribution in [0, 0.1) is 5.41 Å². The maximum atomic E-state index is 6.38. The first-order valence-corrected chi connectivity index (χ1v) is 7.57. The summed E-state index contributed by atoms with van der Waals surface area (Å²) < 4.78 is 0. The van der Waals surface area contributed by atoms with Gasteiger partial charge in [0, 0.05) is 17.3 Å². The van der Waals surface area contributed by atoms with Gasteiger partial charge in [-0.2, -0.15) is 0 Å². The summed E-state index contributed by atoms with van der Waals surface area (Å²) in [5, 5.41) is 0.678. The lowest BCUT2D eigenvalue weighted by molar-refractivity contribution is 0.299. The van der Waals surface area contributed by atoms with Crippen LogP contribution in [0.3, 0.4) is 0 Å². The van der Waals surface area contributed by atoms with Crippen molar-refractivity contribution in [1.82, 2.24) is 14.9 Å². The van der Waals surface area contributed by atoms with E-state index in [4.69, 9.17) is 16.6 Å². The standard InChI is InChI=1S/C15H22ClN3/c1-15(2)7-6-12-11(8-15)14(16)18-13(17-12)9-19(3)10-4-5-10/h10H,4-9H2,1-3H3. The fourth-order valence-corrected chi connectivity index (χ4v) is 3.17. The van der Waals surface area contributed by atoms with Crippen molar-refractivity contribution < 1.29 is 0 Å². The number of hydrogen-bond acceptors (Lipinski definition) is 3. The molecule has 0 bridgehead atoms. The van der Waals surface area contributed by atoms with Crippen LogP contribution in [0.5, 0.6) is 0 Å². The van der Waals surface area contributed by atoms with Gasteiger partial charge in [-0.1, -0.05) is 25.4 Å². The summed E-state index contributed by atoms with van der Waals surface area (Å²) in [7, 11) is 2.15. The third-order valence-electron chi connectivity index (χ3n) is 4.34. The van der Waals surface area contributed by atoms with E-state index >= 15 is 0 Å². The molecule has 0 spiro atoms. The lowest BCUT2D eigenvalue weighted by atomic mass is 9.76. The summed E-state index contributed by atoms with van der Waals surface area (Å²) in [6.07, 6.45) is 5.84. The van der Waals surface area contributed by atoms with Gasteiger partial charge >= 0.3 is 0 Å². The third kappa shape index (κ3) is 2.92. The van der Waals surface area contributed by atoms with Crippen molar-refractivity contribution in [3.05, 3.63) is 22.2 Å². The first-order chi connectivity index (χ1) is 8.94. The van der Waals surface area contributed by atoms with Gasteiger partial charge in [0.05, 0.1) is 6.54 Å². The van der Waals surface area contributed by atoms with Crippen molar-refractivity contribution in [3.8, 4) is 0 Å². The summed E-state index contributed by atoms with van der Waals surface area (Å²) in [6.45, 7) is 5.41. The highest BCUT2D eigenvalue weighted by atomic mass is 35.5. The van der Waals surface area contributed by atoms with Crippen LogP contribution in [0.2, 0.25) is 5.15 Å². The van der Waals surface area contributed by atoms with Gasteiger partial charge < -0.3 is 0 Å². The Kier molecular flexibility index (Phi) is 3.30. The molecule has 19 heavy (non-hydrogen) atoms. The van der Waals surface area contributed by atoms with Crippen LogP contribution in [0.4, 0.5) is 0 Å². The van der Waals surface area contributed by atoms with E-state index in [-0.39, 0.29) is 0 Å². The molecule has 1 aromatic heterocycles. The molecule has 1 fully saturated rings. The number of hydrogen-bond donors (Lipinski definition) is 0. The number of aromatic nitrogens is 2. The molecule has 0 aromatic carbocycles. The SMILES string of the molecule is CN(Cc1nc(Cl)c2c(n1)CCC(C)(C)C2)C1CC1. The molecule has 0 aliphatic heterocycles. The van der Waals surface area contributed by atoms with Crippen molar-refractivity contribution in [3.63, 3.8) is 0 Å². The molecule has 4 heteroatoms. The van der Waals surface area contributed by atoms with E-state index in [2.05, 4.69) is 30.8 Å². The van der Waals surface area contributed by atoms with Crippen LogP contribution in [-0.2, 0) is 19.4 Å². The minimum Gasteiger partial charge on any atom is -0.296 e. The van der Waals surface area contributed by atoms with E-state index in [0.717, 1.165) is 31.3 Å². The van der Waals surface area contributed by atoms with Gasteiger partial charge in [-0.25, -0.2) is 9.97 Å². The molecule has 2 aliphatic rings. The molecule has 2 aliphatic carbocycles. The molecule has 0 saturated heterocycles. The zero-order valence-corrected chi connectivity index (χ0v) is 12.8. The molecule has 104 valence electrons. The van der Waals surface area contributed by atoms with E-state index in [1.165, 1.54) is 30.5 Å². The molecule has 3 nitrogen and oxygen atoms in total. The quantitative estimate of drug-likeness (QED) is 0.796. The first-order valence-electron chi connectivity index (χ1n) is 7.19. The fourth-order valence-electron chi connectivity index (χ4n) is 2.89. The lowest BCUT2D eigenvalue weighted by Gasteiger charge is -2.31. The minimum absolute atomic E-state index is 0.326. The molecule has 0 amide bonds. The smallest absolute Gasteiger partial charge is 0.144 e. The zero-order chi connectivity index (χ0) is 13.6. The van der Waals surface area contributed by atoms with Gasteiger partial charge in [-0.15, -0.1) is 0 Å². The Labute approximate surface area is 120 Å². The summed E-state index contributed by atoms with van der Waals surface area (Å²) in [4.78, 5) is 11.6. The summed E-state index contributed by atoms with van der Waals surface area (Å²) in [5.41, 5.74) is 2.68. The monoisotopic (exact) mass is 279 g/mol. The maximum absolute atomic E-state index is 6.38. The normalized spacial score (nSPS) is 21.5. The predicted octanol–water partition coefficient (Wildman–Crippen LogP) is 3.24. The number of aryl methyl sites for hydroxylation is 1. The second kappa shape index (κ2) is 4.71. The number of rotatable bonds is 3. The Hall–Kier alpha value is -0.670. The first kappa shape index (κ1) is 13.3. The van der Waals surface area contributed by atoms with Crippen molar-refractivity contribution in [2.75, 3.05) is 7.05 Å². The van der Waals surface area contributed by atoms with Crippen LogP contribution in [0.25, 0.3) is 0 Å². The molecule has 0 unspecified atom stereocenters. The second-order valence-electron chi connectivity index (χ2n) is 6.84. The minimum atomic E-state index is 0.326. The molecule has 1 heterocycles. The van der Waals surface area contributed by atoms with Crippen LogP contribution in [0.15, 0.2) is 0 Å². The van der Waals surface area contributed by atoms with E-state index in [1.807, 2.05) is 0 Å². The van der Waals surface area contributed by atoms with E-state index < -0.39 is 0 Å². The van der Waals surface area contributed by atoms with Gasteiger partial charge in [-0.05, 0) is 44.6 Å². The average molecular weight is 280 g/mol. The van der Waals surface area contributed by atoms with Gasteiger partial charge in [0.15, 0.2) is 0 Å². The Balaban J connectivity index is 1.83. The van der Waals surface area contributed by atoms with E-state index in [0.29, 0.717) is 10.6 Å². The molecule has 3 rings (SSSR count). The second-order valence-corrected chi connectivity index (χ2v) is 7.20. The highest BCUT2D eigenvalue weighted by Crippen LogP contribution is 2.36. The zero-order valence-electron chi connectivity index (χ0n) is 12.0. The molecule has 0 N–H and O–H groups in total. The van der Waals surface area contributed by atoms with Crippen molar-refractivity contribution in [1.29, 1.82) is 0 Å². The summed E-state index contributed by atoms with van der Waals surface area (Å²) in [5.74, 6) is 0.887. The van der Waals surface area contributed by atoms with Gasteiger partial charge in [0.1, 0.15) is 11.0 Å². The molecule has 0 atom stereocenters. The Morgan fingerprint density at radius 3 is 2.74 bits per heavy atom. The van der Waals surface area contributed by atoms with Crippen LogP contribution in [-0.4, -0.2) is 28.0 Å². The van der Waals surface area contributed by atoms with Gasteiger partial charge in [0.25, 0.3) is 0 Å². The molecule has 1 saturated carbocycles. The van der Waals surface area contributed by atoms with Crippen LogP contribution >= 0.6 is 11.6 Å². The van der Waals surface area contributed by atoms with Gasteiger partial charge in [0.2, 0.25) is 0 Å². The predicted molar refractivity (Wildman–Crippen MR) is 77.3 cm³/mol. The van der Waals surface area contributed by atoms with Crippen molar-refractivity contribution >= 4 is 11.6 Å². The Bertz CT molecular complexity index is 494. The highest BCUT2D eigenvalue weighted by Gasteiger charge is 2.30. The molecular formula is C15H22ClN3. The fraction of sp³-hybridized carbons (Fsp3) is 0.733. The van der Waals surface area contributed by atoms with Gasteiger partial charge in [-0.3, -0.25) is 4.90 Å². The van der Waals surface area contributed by atoms with Crippen molar-refractivity contribution in [2.24, 2.45) is 5.41 Å². The van der Waals surface area contributed by atoms with Crippen LogP contribution in [0.1, 0.15) is 50.2 Å². The Morgan fingerprint density at radius 1 is 1.32 bits per heavy atom. The Morgan fingerprint density at radius 2 is 2.05 bits per heavy atom. The molecule has 0 radical (unpaired) electrons. The largest absolute Gasteiger partial charge is 0.296 e. The molecule has 1 aromatic rings. The third-order valence-corrected chi connectivity index (χ3v) is 4.66. The lowest BCUT2D eigenvalue weighted by Crippen LogP contribution is -2.26. The summed E-state index contributed by atoms with van der Waals surface area (Å²) in [6, 6.07) is 0.734. The number of nitrogens with zero attached hydrogens (tertiary/aromatic N) is 3.